The minimum absolute atomic E-state index is 0.0651. The van der Waals surface area contributed by atoms with Crippen molar-refractivity contribution in [2.24, 2.45) is 0 Å². The van der Waals surface area contributed by atoms with E-state index >= 15 is 0 Å². The number of nitrogens with zero attached hydrogens (tertiary/aromatic N) is 1. The van der Waals surface area contributed by atoms with Gasteiger partial charge in [0.25, 0.3) is 0 Å². The van der Waals surface area contributed by atoms with Gasteiger partial charge < -0.3 is 5.32 Å². The van der Waals surface area contributed by atoms with E-state index in [1.165, 1.54) is 5.56 Å². The second-order valence-corrected chi connectivity index (χ2v) is 6.59. The molecule has 24 heavy (non-hydrogen) atoms. The Kier molecular flexibility index (Phi) is 3.77. The van der Waals surface area contributed by atoms with E-state index in [0.29, 0.717) is 13.0 Å². The zero-order chi connectivity index (χ0) is 16.4. The molecule has 3 nitrogen and oxygen atoms in total. The molecular formula is C21H20N2O. The molecule has 1 aliphatic rings. The number of benzene rings is 2. The lowest BCUT2D eigenvalue weighted by Crippen LogP contribution is -2.33. The standard InChI is InChI=1S/C21H20N2O/c24-19(14-17-7-4-6-16-8-5-13-22-20(16)17)23-15-21(11-12-21)18-9-2-1-3-10-18/h1-10,13H,11-12,14-15H2,(H,23,24). The van der Waals surface area contributed by atoms with Crippen LogP contribution in [-0.2, 0) is 16.6 Å². The van der Waals surface area contributed by atoms with Crippen molar-refractivity contribution in [2.75, 3.05) is 6.54 Å². The maximum Gasteiger partial charge on any atom is 0.224 e. The molecule has 1 fully saturated rings. The summed E-state index contributed by atoms with van der Waals surface area (Å²) in [6.07, 6.45) is 4.44. The maximum atomic E-state index is 12.4. The van der Waals surface area contributed by atoms with Crippen molar-refractivity contribution in [3.8, 4) is 0 Å². The minimum Gasteiger partial charge on any atom is -0.355 e. The molecule has 0 saturated heterocycles. The van der Waals surface area contributed by atoms with Crippen LogP contribution in [0, 0.1) is 0 Å². The minimum atomic E-state index is 0.0651. The first kappa shape index (κ1) is 14.9. The largest absolute Gasteiger partial charge is 0.355 e. The van der Waals surface area contributed by atoms with Gasteiger partial charge in [0.1, 0.15) is 0 Å². The van der Waals surface area contributed by atoms with Crippen LogP contribution in [0.4, 0.5) is 0 Å². The van der Waals surface area contributed by atoms with Gasteiger partial charge in [0, 0.05) is 23.5 Å². The van der Waals surface area contributed by atoms with Crippen LogP contribution in [0.2, 0.25) is 0 Å². The number of hydrogen-bond acceptors (Lipinski definition) is 2. The molecule has 120 valence electrons. The highest BCUT2D eigenvalue weighted by Gasteiger charge is 2.44. The number of para-hydroxylation sites is 1. The molecule has 0 atom stereocenters. The lowest BCUT2D eigenvalue weighted by Gasteiger charge is -2.16. The van der Waals surface area contributed by atoms with Crippen LogP contribution >= 0.6 is 0 Å². The zero-order valence-electron chi connectivity index (χ0n) is 13.5. The van der Waals surface area contributed by atoms with Gasteiger partial charge in [-0.2, -0.15) is 0 Å². The molecule has 1 aliphatic carbocycles. The van der Waals surface area contributed by atoms with Crippen molar-refractivity contribution in [3.63, 3.8) is 0 Å². The molecule has 2 aromatic carbocycles. The molecule has 0 spiro atoms. The van der Waals surface area contributed by atoms with Crippen LogP contribution in [0.25, 0.3) is 10.9 Å². The molecule has 0 unspecified atom stereocenters. The first-order chi connectivity index (χ1) is 11.8. The number of rotatable bonds is 5. The molecule has 1 heterocycles. The molecule has 3 heteroatoms. The smallest absolute Gasteiger partial charge is 0.224 e. The molecule has 0 bridgehead atoms. The van der Waals surface area contributed by atoms with Crippen molar-refractivity contribution < 1.29 is 4.79 Å². The van der Waals surface area contributed by atoms with Crippen molar-refractivity contribution in [3.05, 3.63) is 78.0 Å². The fraction of sp³-hybridized carbons (Fsp3) is 0.238. The summed E-state index contributed by atoms with van der Waals surface area (Å²) in [5.74, 6) is 0.0651. The Labute approximate surface area is 141 Å². The highest BCUT2D eigenvalue weighted by atomic mass is 16.1. The average molecular weight is 316 g/mol. The van der Waals surface area contributed by atoms with E-state index in [0.717, 1.165) is 29.3 Å². The number of fused-ring (bicyclic) bond motifs is 1. The first-order valence-electron chi connectivity index (χ1n) is 8.42. The monoisotopic (exact) mass is 316 g/mol. The van der Waals surface area contributed by atoms with E-state index in [4.69, 9.17) is 0 Å². The molecule has 1 saturated carbocycles. The third-order valence-electron chi connectivity index (χ3n) is 4.93. The Hall–Kier alpha value is -2.68. The van der Waals surface area contributed by atoms with Crippen LogP contribution in [0.15, 0.2) is 66.9 Å². The Morgan fingerprint density at radius 2 is 1.79 bits per heavy atom. The average Bonchev–Trinajstić information content (AvgIpc) is 3.42. The number of amides is 1. The van der Waals surface area contributed by atoms with Crippen molar-refractivity contribution in [1.82, 2.24) is 10.3 Å². The third kappa shape index (κ3) is 2.90. The van der Waals surface area contributed by atoms with Gasteiger partial charge in [-0.1, -0.05) is 54.6 Å². The topological polar surface area (TPSA) is 42.0 Å². The van der Waals surface area contributed by atoms with Crippen LogP contribution in [-0.4, -0.2) is 17.4 Å². The summed E-state index contributed by atoms with van der Waals surface area (Å²) in [5, 5.41) is 4.21. The van der Waals surface area contributed by atoms with Gasteiger partial charge in [0.2, 0.25) is 5.91 Å². The van der Waals surface area contributed by atoms with E-state index in [-0.39, 0.29) is 11.3 Å². The van der Waals surface area contributed by atoms with Crippen LogP contribution in [0.3, 0.4) is 0 Å². The number of pyridine rings is 1. The first-order valence-corrected chi connectivity index (χ1v) is 8.42. The van der Waals surface area contributed by atoms with Gasteiger partial charge in [-0.15, -0.1) is 0 Å². The summed E-state index contributed by atoms with van der Waals surface area (Å²) in [6, 6.07) is 20.4. The highest BCUT2D eigenvalue weighted by molar-refractivity contribution is 5.87. The van der Waals surface area contributed by atoms with Crippen LogP contribution in [0.1, 0.15) is 24.0 Å². The second kappa shape index (κ2) is 6.08. The van der Waals surface area contributed by atoms with Crippen LogP contribution in [0.5, 0.6) is 0 Å². The highest BCUT2D eigenvalue weighted by Crippen LogP contribution is 2.47. The Balaban J connectivity index is 1.44. The molecule has 0 radical (unpaired) electrons. The number of nitrogens with one attached hydrogen (secondary N) is 1. The van der Waals surface area contributed by atoms with Crippen molar-refractivity contribution in [1.29, 1.82) is 0 Å². The van der Waals surface area contributed by atoms with Crippen molar-refractivity contribution in [2.45, 2.75) is 24.7 Å². The van der Waals surface area contributed by atoms with Crippen LogP contribution < -0.4 is 5.32 Å². The second-order valence-electron chi connectivity index (χ2n) is 6.59. The van der Waals surface area contributed by atoms with Crippen molar-refractivity contribution >= 4 is 16.8 Å². The van der Waals surface area contributed by atoms with Gasteiger partial charge in [-0.3, -0.25) is 9.78 Å². The summed E-state index contributed by atoms with van der Waals surface area (Å²) in [6.45, 7) is 0.716. The maximum absolute atomic E-state index is 12.4. The van der Waals surface area contributed by atoms with E-state index in [1.807, 2.05) is 36.4 Å². The van der Waals surface area contributed by atoms with E-state index in [1.54, 1.807) is 6.20 Å². The summed E-state index contributed by atoms with van der Waals surface area (Å²) < 4.78 is 0. The predicted octanol–water partition coefficient (Wildman–Crippen LogP) is 3.63. The van der Waals surface area contributed by atoms with Gasteiger partial charge in [-0.25, -0.2) is 0 Å². The Morgan fingerprint density at radius 3 is 2.58 bits per heavy atom. The summed E-state index contributed by atoms with van der Waals surface area (Å²) in [5.41, 5.74) is 3.38. The van der Waals surface area contributed by atoms with Gasteiger partial charge in [0.15, 0.2) is 0 Å². The number of aromatic nitrogens is 1. The number of carbonyl (C=O) groups is 1. The van der Waals surface area contributed by atoms with Gasteiger partial charge in [0.05, 0.1) is 11.9 Å². The Morgan fingerprint density at radius 1 is 1.00 bits per heavy atom. The number of hydrogen-bond donors (Lipinski definition) is 1. The summed E-state index contributed by atoms with van der Waals surface area (Å²) in [7, 11) is 0. The molecule has 3 aromatic rings. The summed E-state index contributed by atoms with van der Waals surface area (Å²) >= 11 is 0. The van der Waals surface area contributed by atoms with E-state index in [2.05, 4.69) is 34.6 Å². The SMILES string of the molecule is O=C(Cc1cccc2cccnc12)NCC1(c2ccccc2)CC1. The number of carbonyl (C=O) groups excluding carboxylic acids is 1. The normalized spacial score (nSPS) is 15.2. The fourth-order valence-electron chi connectivity index (χ4n) is 3.32. The van der Waals surface area contributed by atoms with E-state index < -0.39 is 0 Å². The zero-order valence-corrected chi connectivity index (χ0v) is 13.5. The fourth-order valence-corrected chi connectivity index (χ4v) is 3.32. The van der Waals surface area contributed by atoms with Gasteiger partial charge in [-0.05, 0) is 30.0 Å². The predicted molar refractivity (Wildman–Crippen MR) is 95.8 cm³/mol. The lowest BCUT2D eigenvalue weighted by atomic mass is 9.96. The van der Waals surface area contributed by atoms with Gasteiger partial charge >= 0.3 is 0 Å². The molecular weight excluding hydrogens is 296 g/mol. The lowest BCUT2D eigenvalue weighted by molar-refractivity contribution is -0.120. The van der Waals surface area contributed by atoms with E-state index in [9.17, 15) is 4.79 Å². The summed E-state index contributed by atoms with van der Waals surface area (Å²) in [4.78, 5) is 16.8. The quantitative estimate of drug-likeness (QED) is 0.781. The molecule has 1 amide bonds. The molecule has 4 rings (SSSR count). The molecule has 1 aromatic heterocycles. The third-order valence-corrected chi connectivity index (χ3v) is 4.93. The molecule has 0 aliphatic heterocycles. The Bertz CT molecular complexity index is 864. The molecule has 1 N–H and O–H groups in total.